The van der Waals surface area contributed by atoms with Crippen molar-refractivity contribution in [3.05, 3.63) is 22.8 Å². The van der Waals surface area contributed by atoms with E-state index in [2.05, 4.69) is 33.2 Å². The van der Waals surface area contributed by atoms with Crippen molar-refractivity contribution in [1.29, 1.82) is 0 Å². The average Bonchev–Trinajstić information content (AvgIpc) is 2.26. The third-order valence-electron chi connectivity index (χ3n) is 2.39. The Kier molecular flexibility index (Phi) is 6.03. The molecule has 0 saturated heterocycles. The number of nitrogens with one attached hydrogen (secondary N) is 1. The van der Waals surface area contributed by atoms with Crippen LogP contribution in [-0.2, 0) is 0 Å². The largest absolute Gasteiger partial charge is 0.370 e. The molecule has 0 aliphatic carbocycles. The van der Waals surface area contributed by atoms with Crippen molar-refractivity contribution in [3.63, 3.8) is 0 Å². The fraction of sp³-hybridized carbons (Fsp3) is 0.545. The molecule has 1 rings (SSSR count). The van der Waals surface area contributed by atoms with Crippen LogP contribution in [0.2, 0.25) is 0 Å². The van der Waals surface area contributed by atoms with E-state index in [1.54, 1.807) is 6.20 Å². The molecule has 0 aromatic carbocycles. The van der Waals surface area contributed by atoms with Crippen molar-refractivity contribution < 1.29 is 0 Å². The van der Waals surface area contributed by atoms with Crippen molar-refractivity contribution in [1.82, 2.24) is 4.98 Å². The Morgan fingerprint density at radius 3 is 2.87 bits per heavy atom. The molecule has 0 amide bonds. The Balaban J connectivity index is 2.38. The molecule has 0 bridgehead atoms. The fourth-order valence-electron chi connectivity index (χ4n) is 1.33. The number of aromatic nitrogens is 1. The molecule has 1 unspecified atom stereocenters. The summed E-state index contributed by atoms with van der Waals surface area (Å²) >= 11 is 9.08. The Bertz CT molecular complexity index is 276. The van der Waals surface area contributed by atoms with E-state index in [0.717, 1.165) is 35.6 Å². The summed E-state index contributed by atoms with van der Waals surface area (Å²) in [7, 11) is 0. The van der Waals surface area contributed by atoms with E-state index in [9.17, 15) is 0 Å². The normalized spacial score (nSPS) is 12.5. The Labute approximate surface area is 105 Å². The van der Waals surface area contributed by atoms with Gasteiger partial charge in [-0.3, -0.25) is 0 Å². The van der Waals surface area contributed by atoms with E-state index >= 15 is 0 Å². The lowest BCUT2D eigenvalue weighted by Crippen LogP contribution is -2.14. The smallest absolute Gasteiger partial charge is 0.125 e. The number of nitrogens with zero attached hydrogens (tertiary/aromatic N) is 1. The number of halogens is 2. The van der Waals surface area contributed by atoms with Gasteiger partial charge in [-0.05, 0) is 40.4 Å². The number of pyridine rings is 1. The van der Waals surface area contributed by atoms with E-state index < -0.39 is 0 Å². The van der Waals surface area contributed by atoms with Crippen molar-refractivity contribution >= 4 is 33.3 Å². The lowest BCUT2D eigenvalue weighted by Gasteiger charge is -2.14. The maximum absolute atomic E-state index is 5.73. The van der Waals surface area contributed by atoms with Crippen LogP contribution in [0.3, 0.4) is 0 Å². The minimum atomic E-state index is 0.632. The summed E-state index contributed by atoms with van der Waals surface area (Å²) in [5, 5.41) is 3.32. The van der Waals surface area contributed by atoms with E-state index in [4.69, 9.17) is 11.6 Å². The van der Waals surface area contributed by atoms with Crippen LogP contribution in [0.4, 0.5) is 5.82 Å². The zero-order valence-corrected chi connectivity index (χ0v) is 11.2. The third kappa shape index (κ3) is 4.85. The topological polar surface area (TPSA) is 24.9 Å². The van der Waals surface area contributed by atoms with Crippen molar-refractivity contribution in [2.75, 3.05) is 17.7 Å². The van der Waals surface area contributed by atoms with Gasteiger partial charge in [0.25, 0.3) is 0 Å². The summed E-state index contributed by atoms with van der Waals surface area (Å²) in [4.78, 5) is 4.25. The molecule has 0 spiro atoms. The first-order chi connectivity index (χ1) is 7.26. The molecule has 1 aromatic rings. The van der Waals surface area contributed by atoms with Crippen LogP contribution in [-0.4, -0.2) is 17.4 Å². The monoisotopic (exact) mass is 290 g/mol. The second kappa shape index (κ2) is 7.07. The number of alkyl halides is 1. The molecule has 1 atom stereocenters. The first-order valence-electron chi connectivity index (χ1n) is 5.17. The molecule has 84 valence electrons. The zero-order chi connectivity index (χ0) is 11.1. The molecule has 2 nitrogen and oxygen atoms in total. The minimum Gasteiger partial charge on any atom is -0.370 e. The molecular formula is C11H16BrClN2. The van der Waals surface area contributed by atoms with Gasteiger partial charge in [0.1, 0.15) is 5.82 Å². The Morgan fingerprint density at radius 1 is 1.53 bits per heavy atom. The molecule has 0 radical (unpaired) electrons. The molecular weight excluding hydrogens is 275 g/mol. The zero-order valence-electron chi connectivity index (χ0n) is 8.84. The van der Waals surface area contributed by atoms with Gasteiger partial charge in [0.05, 0.1) is 0 Å². The predicted molar refractivity (Wildman–Crippen MR) is 69.5 cm³/mol. The van der Waals surface area contributed by atoms with Gasteiger partial charge < -0.3 is 5.32 Å². The van der Waals surface area contributed by atoms with Crippen molar-refractivity contribution in [3.8, 4) is 0 Å². The number of anilines is 1. The van der Waals surface area contributed by atoms with Crippen LogP contribution in [0.25, 0.3) is 0 Å². The number of hydrogen-bond acceptors (Lipinski definition) is 2. The summed E-state index contributed by atoms with van der Waals surface area (Å²) in [5.41, 5.74) is 0. The summed E-state index contributed by atoms with van der Waals surface area (Å²) < 4.78 is 1.00. The van der Waals surface area contributed by atoms with Crippen LogP contribution in [0.15, 0.2) is 22.8 Å². The highest BCUT2D eigenvalue weighted by molar-refractivity contribution is 9.10. The Hall–Kier alpha value is -0.280. The van der Waals surface area contributed by atoms with Crippen LogP contribution in [0.1, 0.15) is 19.8 Å². The van der Waals surface area contributed by atoms with Gasteiger partial charge in [-0.2, -0.15) is 0 Å². The molecule has 0 aliphatic rings. The molecule has 0 aliphatic heterocycles. The van der Waals surface area contributed by atoms with Gasteiger partial charge in [0, 0.05) is 23.1 Å². The second-order valence-corrected chi connectivity index (χ2v) is 4.79. The Morgan fingerprint density at radius 2 is 2.33 bits per heavy atom. The molecule has 15 heavy (non-hydrogen) atoms. The van der Waals surface area contributed by atoms with E-state index in [-0.39, 0.29) is 0 Å². The predicted octanol–water partition coefficient (Wildman–Crippen LogP) is 3.91. The highest BCUT2D eigenvalue weighted by atomic mass is 79.9. The van der Waals surface area contributed by atoms with E-state index in [0.29, 0.717) is 5.92 Å². The van der Waals surface area contributed by atoms with Crippen LogP contribution in [0, 0.1) is 5.92 Å². The van der Waals surface area contributed by atoms with Gasteiger partial charge in [-0.25, -0.2) is 4.98 Å². The van der Waals surface area contributed by atoms with Crippen LogP contribution in [0.5, 0.6) is 0 Å². The summed E-state index contributed by atoms with van der Waals surface area (Å²) in [6, 6.07) is 3.95. The maximum atomic E-state index is 5.73. The van der Waals surface area contributed by atoms with Gasteiger partial charge in [0.2, 0.25) is 0 Å². The molecule has 0 fully saturated rings. The molecule has 4 heteroatoms. The first-order valence-corrected chi connectivity index (χ1v) is 6.50. The highest BCUT2D eigenvalue weighted by Crippen LogP contribution is 2.13. The standard InChI is InChI=1S/C11H16BrClN2/c1-2-9(5-6-13)7-14-11-4-3-10(12)8-15-11/h3-4,8-9H,2,5-7H2,1H3,(H,14,15). The van der Waals surface area contributed by atoms with Crippen LogP contribution < -0.4 is 5.32 Å². The van der Waals surface area contributed by atoms with Gasteiger partial charge in [-0.15, -0.1) is 11.6 Å². The number of hydrogen-bond donors (Lipinski definition) is 1. The molecule has 0 saturated carbocycles. The maximum Gasteiger partial charge on any atom is 0.125 e. The SMILES string of the molecule is CCC(CCCl)CNc1ccc(Br)cn1. The number of rotatable bonds is 6. The van der Waals surface area contributed by atoms with Crippen molar-refractivity contribution in [2.24, 2.45) is 5.92 Å². The second-order valence-electron chi connectivity index (χ2n) is 3.49. The fourth-order valence-corrected chi connectivity index (χ4v) is 1.88. The van der Waals surface area contributed by atoms with E-state index in [1.165, 1.54) is 0 Å². The third-order valence-corrected chi connectivity index (χ3v) is 3.08. The van der Waals surface area contributed by atoms with Crippen molar-refractivity contribution in [2.45, 2.75) is 19.8 Å². The summed E-state index contributed by atoms with van der Waals surface area (Å²) in [6.07, 6.45) is 4.00. The first kappa shape index (κ1) is 12.8. The van der Waals surface area contributed by atoms with Gasteiger partial charge in [0.15, 0.2) is 0 Å². The van der Waals surface area contributed by atoms with E-state index in [1.807, 2.05) is 12.1 Å². The molecule has 1 N–H and O–H groups in total. The summed E-state index contributed by atoms with van der Waals surface area (Å²) in [6.45, 7) is 3.13. The minimum absolute atomic E-state index is 0.632. The lowest BCUT2D eigenvalue weighted by atomic mass is 10.0. The molecule has 1 aromatic heterocycles. The summed E-state index contributed by atoms with van der Waals surface area (Å²) in [5.74, 6) is 2.28. The van der Waals surface area contributed by atoms with Crippen LogP contribution >= 0.6 is 27.5 Å². The molecule has 1 heterocycles. The average molecular weight is 292 g/mol. The highest BCUT2D eigenvalue weighted by Gasteiger charge is 2.05. The van der Waals surface area contributed by atoms with Gasteiger partial charge >= 0.3 is 0 Å². The lowest BCUT2D eigenvalue weighted by molar-refractivity contribution is 0.521. The van der Waals surface area contributed by atoms with Gasteiger partial charge in [-0.1, -0.05) is 13.3 Å². The quantitative estimate of drug-likeness (QED) is 0.804.